The van der Waals surface area contributed by atoms with E-state index in [1.807, 2.05) is 6.07 Å². The summed E-state index contributed by atoms with van der Waals surface area (Å²) in [7, 11) is 1.42. The molecule has 3 aromatic rings. The van der Waals surface area contributed by atoms with Crippen LogP contribution in [0.3, 0.4) is 0 Å². The van der Waals surface area contributed by atoms with Gasteiger partial charge in [-0.3, -0.25) is 19.2 Å². The molecule has 0 unspecified atom stereocenters. The summed E-state index contributed by atoms with van der Waals surface area (Å²) < 4.78 is 0. The Kier molecular flexibility index (Phi) is 10.1. The minimum atomic E-state index is -1.10. The summed E-state index contributed by atoms with van der Waals surface area (Å²) in [6.07, 6.45) is -0.325. The van der Waals surface area contributed by atoms with Crippen LogP contribution in [0.1, 0.15) is 16.8 Å². The molecule has 0 heterocycles. The summed E-state index contributed by atoms with van der Waals surface area (Å²) in [6, 6.07) is 23.2. The third kappa shape index (κ3) is 9.32. The Morgan fingerprint density at radius 1 is 0.692 bits per heavy atom. The highest BCUT2D eigenvalue weighted by Gasteiger charge is 2.22. The second-order valence-corrected chi connectivity index (χ2v) is 8.56. The van der Waals surface area contributed by atoms with Crippen molar-refractivity contribution < 1.29 is 29.1 Å². The standard InChI is InChI=1S/C28H29N5O6/c1-32(25(35)19-33(17-16-26(36)37)27(38)20-8-4-2-5-9-20)18-24(34)29-22-12-14-23(15-13-22)31-28(39)30-21-10-6-3-7-11-21/h2-15H,16-19H2,1H3,(H,29,34)(H,36,37)(H2,30,31,39). The fourth-order valence-corrected chi connectivity index (χ4v) is 3.49. The van der Waals surface area contributed by atoms with Crippen molar-refractivity contribution in [3.8, 4) is 0 Å². The van der Waals surface area contributed by atoms with E-state index >= 15 is 0 Å². The van der Waals surface area contributed by atoms with Gasteiger partial charge in [-0.2, -0.15) is 0 Å². The summed E-state index contributed by atoms with van der Waals surface area (Å²) in [5, 5.41) is 17.1. The van der Waals surface area contributed by atoms with Crippen LogP contribution in [-0.2, 0) is 14.4 Å². The highest BCUT2D eigenvalue weighted by atomic mass is 16.4. The third-order valence-electron chi connectivity index (χ3n) is 5.49. The van der Waals surface area contributed by atoms with E-state index in [1.165, 1.54) is 7.05 Å². The highest BCUT2D eigenvalue weighted by molar-refractivity contribution is 6.00. The summed E-state index contributed by atoms with van der Waals surface area (Å²) >= 11 is 0. The number of hydrogen-bond donors (Lipinski definition) is 4. The number of carbonyl (C=O) groups excluding carboxylic acids is 4. The average Bonchev–Trinajstić information content (AvgIpc) is 2.92. The Bertz CT molecular complexity index is 1300. The van der Waals surface area contributed by atoms with E-state index in [2.05, 4.69) is 16.0 Å². The highest BCUT2D eigenvalue weighted by Crippen LogP contribution is 2.15. The molecule has 4 N–H and O–H groups in total. The maximum absolute atomic E-state index is 12.8. The van der Waals surface area contributed by atoms with Crippen molar-refractivity contribution in [1.29, 1.82) is 0 Å². The zero-order valence-corrected chi connectivity index (χ0v) is 21.3. The predicted molar refractivity (Wildman–Crippen MR) is 146 cm³/mol. The van der Waals surface area contributed by atoms with Crippen LogP contribution in [0.2, 0.25) is 0 Å². The minimum absolute atomic E-state index is 0.154. The zero-order valence-electron chi connectivity index (χ0n) is 21.3. The Balaban J connectivity index is 1.51. The topological polar surface area (TPSA) is 148 Å². The van der Waals surface area contributed by atoms with Gasteiger partial charge in [0.15, 0.2) is 0 Å². The Labute approximate surface area is 225 Å². The normalized spacial score (nSPS) is 10.2. The second kappa shape index (κ2) is 13.9. The van der Waals surface area contributed by atoms with Crippen molar-refractivity contribution in [3.05, 3.63) is 90.5 Å². The molecule has 0 saturated carbocycles. The van der Waals surface area contributed by atoms with Crippen molar-refractivity contribution in [2.75, 3.05) is 42.6 Å². The van der Waals surface area contributed by atoms with Crippen LogP contribution >= 0.6 is 0 Å². The number of para-hydroxylation sites is 1. The van der Waals surface area contributed by atoms with Gasteiger partial charge in [0.2, 0.25) is 11.8 Å². The van der Waals surface area contributed by atoms with E-state index in [1.54, 1.807) is 78.9 Å². The van der Waals surface area contributed by atoms with Gasteiger partial charge in [-0.1, -0.05) is 36.4 Å². The van der Waals surface area contributed by atoms with E-state index < -0.39 is 29.7 Å². The van der Waals surface area contributed by atoms with E-state index in [9.17, 15) is 24.0 Å². The molecule has 5 amide bonds. The molecule has 0 aliphatic heterocycles. The average molecular weight is 532 g/mol. The molecule has 0 saturated heterocycles. The molecule has 0 aromatic heterocycles. The number of nitrogens with zero attached hydrogens (tertiary/aromatic N) is 2. The van der Waals surface area contributed by atoms with Crippen LogP contribution in [-0.4, -0.2) is 71.3 Å². The quantitative estimate of drug-likeness (QED) is 0.298. The Morgan fingerprint density at radius 3 is 1.77 bits per heavy atom. The maximum atomic E-state index is 12.8. The number of carboxylic acid groups (broad SMARTS) is 1. The van der Waals surface area contributed by atoms with Gasteiger partial charge >= 0.3 is 12.0 Å². The number of benzene rings is 3. The molecule has 0 fully saturated rings. The number of aliphatic carboxylic acids is 1. The lowest BCUT2D eigenvalue weighted by molar-refractivity contribution is -0.138. The Hall–Kier alpha value is -5.19. The molecule has 0 atom stereocenters. The monoisotopic (exact) mass is 531 g/mol. The molecule has 0 radical (unpaired) electrons. The molecular weight excluding hydrogens is 502 g/mol. The number of amides is 5. The van der Waals surface area contributed by atoms with Gasteiger partial charge in [0.05, 0.1) is 13.0 Å². The van der Waals surface area contributed by atoms with Gasteiger partial charge in [-0.25, -0.2) is 4.79 Å². The van der Waals surface area contributed by atoms with Crippen LogP contribution in [0.4, 0.5) is 21.9 Å². The lowest BCUT2D eigenvalue weighted by Gasteiger charge is -2.25. The van der Waals surface area contributed by atoms with E-state index in [4.69, 9.17) is 5.11 Å². The Morgan fingerprint density at radius 2 is 1.21 bits per heavy atom. The largest absolute Gasteiger partial charge is 0.481 e. The first kappa shape index (κ1) is 28.4. The predicted octanol–water partition coefficient (Wildman–Crippen LogP) is 3.34. The van der Waals surface area contributed by atoms with E-state index in [0.717, 1.165) is 9.80 Å². The zero-order chi connectivity index (χ0) is 28.2. The fourth-order valence-electron chi connectivity index (χ4n) is 3.49. The van der Waals surface area contributed by atoms with Crippen LogP contribution in [0.5, 0.6) is 0 Å². The van der Waals surface area contributed by atoms with Crippen LogP contribution in [0, 0.1) is 0 Å². The van der Waals surface area contributed by atoms with Crippen molar-refractivity contribution in [1.82, 2.24) is 9.80 Å². The number of rotatable bonds is 11. The second-order valence-electron chi connectivity index (χ2n) is 8.56. The van der Waals surface area contributed by atoms with Gasteiger partial charge in [0.25, 0.3) is 5.91 Å². The molecule has 0 aliphatic rings. The van der Waals surface area contributed by atoms with E-state index in [-0.39, 0.29) is 26.1 Å². The fraction of sp³-hybridized carbons (Fsp3) is 0.179. The first-order chi connectivity index (χ1) is 18.7. The molecule has 11 heteroatoms. The number of likely N-dealkylation sites (N-methyl/N-ethyl adjacent to an activating group) is 1. The number of hydrogen-bond acceptors (Lipinski definition) is 5. The molecular formula is C28H29N5O6. The van der Waals surface area contributed by atoms with Crippen molar-refractivity contribution in [2.24, 2.45) is 0 Å². The number of carbonyl (C=O) groups is 5. The lowest BCUT2D eigenvalue weighted by Crippen LogP contribution is -2.44. The number of carboxylic acids is 1. The van der Waals surface area contributed by atoms with Gasteiger partial charge in [0.1, 0.15) is 6.54 Å². The summed E-state index contributed by atoms with van der Waals surface area (Å²) in [5.41, 5.74) is 1.94. The van der Waals surface area contributed by atoms with Gasteiger partial charge < -0.3 is 30.9 Å². The molecule has 39 heavy (non-hydrogen) atoms. The molecule has 202 valence electrons. The molecule has 3 rings (SSSR count). The van der Waals surface area contributed by atoms with Gasteiger partial charge in [-0.05, 0) is 48.5 Å². The third-order valence-corrected chi connectivity index (χ3v) is 5.49. The first-order valence-electron chi connectivity index (χ1n) is 12.0. The van der Waals surface area contributed by atoms with Crippen LogP contribution < -0.4 is 16.0 Å². The molecule has 0 spiro atoms. The molecule has 11 nitrogen and oxygen atoms in total. The number of nitrogens with one attached hydrogen (secondary N) is 3. The smallest absolute Gasteiger partial charge is 0.323 e. The van der Waals surface area contributed by atoms with Gasteiger partial charge in [0, 0.05) is 36.2 Å². The van der Waals surface area contributed by atoms with Crippen molar-refractivity contribution in [2.45, 2.75) is 6.42 Å². The minimum Gasteiger partial charge on any atom is -0.481 e. The number of urea groups is 1. The molecule has 0 bridgehead atoms. The molecule has 3 aromatic carbocycles. The van der Waals surface area contributed by atoms with Crippen LogP contribution in [0.15, 0.2) is 84.9 Å². The van der Waals surface area contributed by atoms with Crippen molar-refractivity contribution >= 4 is 46.8 Å². The summed E-state index contributed by atoms with van der Waals surface area (Å²) in [5.74, 6) is -2.57. The number of anilines is 3. The molecule has 0 aliphatic carbocycles. The lowest BCUT2D eigenvalue weighted by atomic mass is 10.2. The SMILES string of the molecule is CN(CC(=O)Nc1ccc(NC(=O)Nc2ccccc2)cc1)C(=O)CN(CCC(=O)O)C(=O)c1ccccc1. The van der Waals surface area contributed by atoms with Crippen LogP contribution in [0.25, 0.3) is 0 Å². The maximum Gasteiger partial charge on any atom is 0.323 e. The van der Waals surface area contributed by atoms with Gasteiger partial charge in [-0.15, -0.1) is 0 Å². The first-order valence-corrected chi connectivity index (χ1v) is 12.0. The summed E-state index contributed by atoms with van der Waals surface area (Å²) in [4.78, 5) is 63.6. The summed E-state index contributed by atoms with van der Waals surface area (Å²) in [6.45, 7) is -0.820. The van der Waals surface area contributed by atoms with E-state index in [0.29, 0.717) is 22.6 Å². The van der Waals surface area contributed by atoms with Crippen molar-refractivity contribution in [3.63, 3.8) is 0 Å².